The summed E-state index contributed by atoms with van der Waals surface area (Å²) in [6.45, 7) is 3.53. The van der Waals surface area contributed by atoms with Crippen molar-refractivity contribution in [3.8, 4) is 0 Å². The van der Waals surface area contributed by atoms with Crippen molar-refractivity contribution in [2.45, 2.75) is 12.6 Å². The van der Waals surface area contributed by atoms with Crippen LogP contribution in [0.15, 0.2) is 35.3 Å². The zero-order valence-corrected chi connectivity index (χ0v) is 10.9. The summed E-state index contributed by atoms with van der Waals surface area (Å²) in [6, 6.07) is 3.44. The van der Waals surface area contributed by atoms with Crippen molar-refractivity contribution >= 4 is 21.8 Å². The molecule has 1 rings (SSSR count). The maximum absolute atomic E-state index is 12.5. The number of alkyl halides is 3. The third-order valence-electron chi connectivity index (χ3n) is 2.25. The third kappa shape index (κ3) is 4.18. The van der Waals surface area contributed by atoms with Crippen molar-refractivity contribution in [1.29, 1.82) is 0 Å². The first-order valence-corrected chi connectivity index (χ1v) is 5.90. The molecular formula is C12H11BrF3NO. The van der Waals surface area contributed by atoms with Crippen LogP contribution < -0.4 is 5.32 Å². The quantitative estimate of drug-likeness (QED) is 0.847. The fourth-order valence-corrected chi connectivity index (χ4v) is 1.78. The number of nitrogens with one attached hydrogen (secondary N) is 1. The summed E-state index contributed by atoms with van der Waals surface area (Å²) in [4.78, 5) is 10.9. The standard InChI is InChI=1S/C12H11BrF3NO/c1-2-11(18)17-6-5-8-7-9(12(14,15)16)3-4-10(8)13/h2-4,7H,1,5-6H2,(H,17,18). The Balaban J connectivity index is 2.76. The molecule has 1 N–H and O–H groups in total. The lowest BCUT2D eigenvalue weighted by atomic mass is 10.1. The molecule has 0 saturated heterocycles. The number of hydrogen-bond donors (Lipinski definition) is 1. The number of carbonyl (C=O) groups excluding carboxylic acids is 1. The van der Waals surface area contributed by atoms with Crippen molar-refractivity contribution in [2.75, 3.05) is 6.54 Å². The highest BCUT2D eigenvalue weighted by molar-refractivity contribution is 9.10. The smallest absolute Gasteiger partial charge is 0.352 e. The van der Waals surface area contributed by atoms with Gasteiger partial charge in [-0.25, -0.2) is 0 Å². The maximum Gasteiger partial charge on any atom is 0.416 e. The molecule has 0 heterocycles. The summed E-state index contributed by atoms with van der Waals surface area (Å²) in [5.41, 5.74) is -0.204. The van der Waals surface area contributed by atoms with Crippen LogP contribution in [0.5, 0.6) is 0 Å². The molecule has 1 aromatic rings. The van der Waals surface area contributed by atoms with E-state index in [0.717, 1.165) is 18.2 Å². The van der Waals surface area contributed by atoms with E-state index in [0.29, 0.717) is 16.5 Å². The van der Waals surface area contributed by atoms with Crippen LogP contribution in [0.3, 0.4) is 0 Å². The van der Waals surface area contributed by atoms with Crippen LogP contribution in [0.2, 0.25) is 0 Å². The molecule has 0 aliphatic heterocycles. The second kappa shape index (κ2) is 6.04. The predicted molar refractivity (Wildman–Crippen MR) is 66.1 cm³/mol. The van der Waals surface area contributed by atoms with Crippen LogP contribution in [0, 0.1) is 0 Å². The minimum absolute atomic E-state index is 0.255. The first kappa shape index (κ1) is 14.8. The summed E-state index contributed by atoms with van der Waals surface area (Å²) in [6.07, 6.45) is -2.94. The fraction of sp³-hybridized carbons (Fsp3) is 0.250. The van der Waals surface area contributed by atoms with Gasteiger partial charge in [-0.15, -0.1) is 0 Å². The zero-order valence-electron chi connectivity index (χ0n) is 9.35. The first-order chi connectivity index (χ1) is 8.34. The van der Waals surface area contributed by atoms with Gasteiger partial charge >= 0.3 is 6.18 Å². The largest absolute Gasteiger partial charge is 0.416 e. The van der Waals surface area contributed by atoms with E-state index < -0.39 is 11.7 Å². The Morgan fingerprint density at radius 1 is 1.44 bits per heavy atom. The molecule has 0 fully saturated rings. The Morgan fingerprint density at radius 3 is 2.67 bits per heavy atom. The van der Waals surface area contributed by atoms with E-state index in [4.69, 9.17) is 0 Å². The lowest BCUT2D eigenvalue weighted by Crippen LogP contribution is -2.23. The van der Waals surface area contributed by atoms with Gasteiger partial charge in [0.2, 0.25) is 5.91 Å². The average Bonchev–Trinajstić information content (AvgIpc) is 2.29. The lowest BCUT2D eigenvalue weighted by Gasteiger charge is -2.10. The Kier molecular flexibility index (Phi) is 4.95. The minimum atomic E-state index is -4.36. The molecule has 1 aromatic carbocycles. The van der Waals surface area contributed by atoms with Crippen LogP contribution in [0.25, 0.3) is 0 Å². The van der Waals surface area contributed by atoms with Gasteiger partial charge in [-0.1, -0.05) is 22.5 Å². The molecule has 0 radical (unpaired) electrons. The second-order valence-electron chi connectivity index (χ2n) is 3.55. The van der Waals surface area contributed by atoms with E-state index in [1.165, 1.54) is 6.07 Å². The van der Waals surface area contributed by atoms with E-state index in [1.807, 2.05) is 0 Å². The lowest BCUT2D eigenvalue weighted by molar-refractivity contribution is -0.137. The van der Waals surface area contributed by atoms with Crippen molar-refractivity contribution in [3.63, 3.8) is 0 Å². The number of halogens is 4. The first-order valence-electron chi connectivity index (χ1n) is 5.10. The number of hydrogen-bond acceptors (Lipinski definition) is 1. The van der Waals surface area contributed by atoms with Gasteiger partial charge in [-0.2, -0.15) is 13.2 Å². The Bertz CT molecular complexity index is 457. The van der Waals surface area contributed by atoms with Crippen molar-refractivity contribution < 1.29 is 18.0 Å². The van der Waals surface area contributed by atoms with Gasteiger partial charge in [0.25, 0.3) is 0 Å². The summed E-state index contributed by atoms with van der Waals surface area (Å²) in [5, 5.41) is 2.51. The van der Waals surface area contributed by atoms with Gasteiger partial charge in [-0.05, 0) is 36.3 Å². The Hall–Kier alpha value is -1.30. The third-order valence-corrected chi connectivity index (χ3v) is 3.03. The highest BCUT2D eigenvalue weighted by Crippen LogP contribution is 2.31. The van der Waals surface area contributed by atoms with Gasteiger partial charge in [0.05, 0.1) is 5.56 Å². The average molecular weight is 322 g/mol. The minimum Gasteiger partial charge on any atom is -0.352 e. The van der Waals surface area contributed by atoms with E-state index in [9.17, 15) is 18.0 Å². The van der Waals surface area contributed by atoms with Gasteiger partial charge in [-0.3, -0.25) is 4.79 Å². The number of rotatable bonds is 4. The molecule has 0 aliphatic carbocycles. The van der Waals surface area contributed by atoms with Crippen LogP contribution in [0.1, 0.15) is 11.1 Å². The molecule has 0 atom stereocenters. The highest BCUT2D eigenvalue weighted by atomic mass is 79.9. The molecular weight excluding hydrogens is 311 g/mol. The number of benzene rings is 1. The molecule has 18 heavy (non-hydrogen) atoms. The molecule has 98 valence electrons. The maximum atomic E-state index is 12.5. The van der Waals surface area contributed by atoms with Crippen LogP contribution in [-0.4, -0.2) is 12.5 Å². The molecule has 1 amide bonds. The molecule has 6 heteroatoms. The number of amides is 1. The normalized spacial score (nSPS) is 11.1. The van der Waals surface area contributed by atoms with E-state index >= 15 is 0 Å². The van der Waals surface area contributed by atoms with E-state index in [1.54, 1.807) is 0 Å². The molecule has 0 bridgehead atoms. The molecule has 0 saturated carbocycles. The Labute approximate surface area is 111 Å². The summed E-state index contributed by atoms with van der Waals surface area (Å²) < 4.78 is 38.1. The van der Waals surface area contributed by atoms with Gasteiger partial charge < -0.3 is 5.32 Å². The zero-order chi connectivity index (χ0) is 13.8. The summed E-state index contributed by atoms with van der Waals surface area (Å²) >= 11 is 3.18. The summed E-state index contributed by atoms with van der Waals surface area (Å²) in [7, 11) is 0. The van der Waals surface area contributed by atoms with E-state index in [2.05, 4.69) is 27.8 Å². The SMILES string of the molecule is C=CC(=O)NCCc1cc(C(F)(F)F)ccc1Br. The van der Waals surface area contributed by atoms with Crippen molar-refractivity contribution in [2.24, 2.45) is 0 Å². The topological polar surface area (TPSA) is 29.1 Å². The van der Waals surface area contributed by atoms with Crippen LogP contribution in [0.4, 0.5) is 13.2 Å². The molecule has 0 aromatic heterocycles. The Morgan fingerprint density at radius 2 is 2.11 bits per heavy atom. The molecule has 0 unspecified atom stereocenters. The predicted octanol–water partition coefficient (Wildman–Crippen LogP) is 3.31. The molecule has 0 spiro atoms. The molecule has 2 nitrogen and oxygen atoms in total. The van der Waals surface area contributed by atoms with Gasteiger partial charge in [0.1, 0.15) is 0 Å². The van der Waals surface area contributed by atoms with Crippen molar-refractivity contribution in [1.82, 2.24) is 5.32 Å². The second-order valence-corrected chi connectivity index (χ2v) is 4.40. The van der Waals surface area contributed by atoms with Crippen molar-refractivity contribution in [3.05, 3.63) is 46.5 Å². The fourth-order valence-electron chi connectivity index (χ4n) is 1.34. The molecule has 0 aliphatic rings. The van der Waals surface area contributed by atoms with E-state index in [-0.39, 0.29) is 12.5 Å². The monoisotopic (exact) mass is 321 g/mol. The highest BCUT2D eigenvalue weighted by Gasteiger charge is 2.30. The summed E-state index contributed by atoms with van der Waals surface area (Å²) in [5.74, 6) is -0.349. The van der Waals surface area contributed by atoms with Crippen LogP contribution in [-0.2, 0) is 17.4 Å². The van der Waals surface area contributed by atoms with Gasteiger partial charge in [0, 0.05) is 11.0 Å². The van der Waals surface area contributed by atoms with Crippen LogP contribution >= 0.6 is 15.9 Å². The number of carbonyl (C=O) groups is 1. The van der Waals surface area contributed by atoms with Gasteiger partial charge in [0.15, 0.2) is 0 Å².